The number of rotatable bonds is 3. The summed E-state index contributed by atoms with van der Waals surface area (Å²) >= 11 is 0. The molecular formula is C30H36BN. The number of hydrogen-bond acceptors (Lipinski definition) is 1. The van der Waals surface area contributed by atoms with Gasteiger partial charge in [-0.05, 0) is 74.2 Å². The molecule has 0 N–H and O–H groups in total. The topological polar surface area (TPSA) is 3.24 Å². The summed E-state index contributed by atoms with van der Waals surface area (Å²) < 4.78 is 0. The Kier molecular flexibility index (Phi) is 5.23. The molecule has 0 spiro atoms. The van der Waals surface area contributed by atoms with E-state index in [2.05, 4.69) is 108 Å². The molecule has 0 heterocycles. The Morgan fingerprint density at radius 3 is 2.41 bits per heavy atom. The quantitative estimate of drug-likeness (QED) is 0.387. The van der Waals surface area contributed by atoms with Crippen molar-refractivity contribution in [3.05, 3.63) is 99.8 Å². The van der Waals surface area contributed by atoms with Crippen LogP contribution in [0, 0.1) is 20.8 Å². The van der Waals surface area contributed by atoms with Crippen molar-refractivity contribution in [1.29, 1.82) is 0 Å². The Morgan fingerprint density at radius 1 is 0.969 bits per heavy atom. The minimum Gasteiger partial charge on any atom is -0.334 e. The third kappa shape index (κ3) is 3.40. The van der Waals surface area contributed by atoms with Crippen molar-refractivity contribution in [3.8, 4) is 0 Å². The highest BCUT2D eigenvalue weighted by Crippen LogP contribution is 2.54. The first-order valence-corrected chi connectivity index (χ1v) is 12.3. The third-order valence-electron chi connectivity index (χ3n) is 7.97. The second-order valence-corrected chi connectivity index (χ2v) is 10.9. The molecule has 164 valence electrons. The van der Waals surface area contributed by atoms with Crippen LogP contribution in [-0.2, 0) is 5.41 Å². The lowest BCUT2D eigenvalue weighted by molar-refractivity contribution is 0.517. The fraction of sp³-hybridized carbons (Fsp3) is 0.400. The van der Waals surface area contributed by atoms with E-state index in [-0.39, 0.29) is 5.41 Å². The molecule has 32 heavy (non-hydrogen) atoms. The van der Waals surface area contributed by atoms with E-state index in [0.29, 0.717) is 17.8 Å². The maximum absolute atomic E-state index is 2.67. The molecule has 0 saturated carbocycles. The van der Waals surface area contributed by atoms with E-state index in [9.17, 15) is 0 Å². The molecule has 0 aliphatic heterocycles. The number of nitrogens with zero attached hydrogens (tertiary/aromatic N) is 1. The number of benzene rings is 2. The minimum atomic E-state index is 0.104. The molecule has 5 rings (SSSR count). The van der Waals surface area contributed by atoms with E-state index in [1.54, 1.807) is 11.1 Å². The maximum Gasteiger partial charge on any atom is 0.110 e. The summed E-state index contributed by atoms with van der Waals surface area (Å²) in [6, 6.07) is 14.2. The van der Waals surface area contributed by atoms with Gasteiger partial charge < -0.3 is 4.90 Å². The van der Waals surface area contributed by atoms with Gasteiger partial charge in [-0.25, -0.2) is 0 Å². The number of allylic oxidation sites excluding steroid dienone is 4. The number of hydrogen-bond donors (Lipinski definition) is 0. The Bertz CT molecular complexity index is 1130. The van der Waals surface area contributed by atoms with Gasteiger partial charge in [-0.1, -0.05) is 79.6 Å². The largest absolute Gasteiger partial charge is 0.334 e. The lowest BCUT2D eigenvalue weighted by Crippen LogP contribution is -2.38. The van der Waals surface area contributed by atoms with Crippen molar-refractivity contribution < 1.29 is 0 Å². The molecule has 0 radical (unpaired) electrons. The molecule has 2 aromatic rings. The van der Waals surface area contributed by atoms with Gasteiger partial charge in [-0.2, -0.15) is 0 Å². The smallest absolute Gasteiger partial charge is 0.110 e. The van der Waals surface area contributed by atoms with E-state index >= 15 is 0 Å². The van der Waals surface area contributed by atoms with Gasteiger partial charge in [0.15, 0.2) is 0 Å². The molecule has 3 aliphatic rings. The first kappa shape index (κ1) is 21.4. The van der Waals surface area contributed by atoms with Crippen LogP contribution in [0.25, 0.3) is 0 Å². The predicted molar refractivity (Wildman–Crippen MR) is 141 cm³/mol. The van der Waals surface area contributed by atoms with E-state index in [1.807, 2.05) is 0 Å². The summed E-state index contributed by atoms with van der Waals surface area (Å²) in [6.45, 7) is 11.6. The van der Waals surface area contributed by atoms with Crippen LogP contribution < -0.4 is 4.90 Å². The van der Waals surface area contributed by atoms with Crippen molar-refractivity contribution >= 4 is 13.5 Å². The second-order valence-electron chi connectivity index (χ2n) is 10.9. The summed E-state index contributed by atoms with van der Waals surface area (Å²) in [5.74, 6) is 1.16. The molecule has 1 unspecified atom stereocenters. The van der Waals surface area contributed by atoms with Gasteiger partial charge in [0.2, 0.25) is 0 Å². The summed E-state index contributed by atoms with van der Waals surface area (Å²) in [4.78, 5) is 2.67. The van der Waals surface area contributed by atoms with E-state index in [4.69, 9.17) is 0 Å². The van der Waals surface area contributed by atoms with Gasteiger partial charge in [0, 0.05) is 22.7 Å². The molecule has 3 aliphatic carbocycles. The Hall–Kier alpha value is -2.48. The zero-order valence-electron chi connectivity index (χ0n) is 20.6. The van der Waals surface area contributed by atoms with Gasteiger partial charge in [0.25, 0.3) is 0 Å². The van der Waals surface area contributed by atoms with Crippen molar-refractivity contribution in [3.63, 3.8) is 0 Å². The van der Waals surface area contributed by atoms with Crippen LogP contribution in [0.5, 0.6) is 0 Å². The zero-order chi connectivity index (χ0) is 22.6. The number of aryl methyl sites for hydroxylation is 3. The molecule has 3 atom stereocenters. The van der Waals surface area contributed by atoms with Gasteiger partial charge in [-0.15, -0.1) is 0 Å². The normalized spacial score (nSPS) is 25.6. The molecule has 0 amide bonds. The Balaban J connectivity index is 1.65. The van der Waals surface area contributed by atoms with Gasteiger partial charge in [0.1, 0.15) is 7.85 Å². The van der Waals surface area contributed by atoms with Crippen molar-refractivity contribution in [2.75, 3.05) is 4.90 Å². The molecule has 0 aromatic heterocycles. The van der Waals surface area contributed by atoms with E-state index in [0.717, 1.165) is 6.42 Å². The van der Waals surface area contributed by atoms with Crippen molar-refractivity contribution in [2.24, 2.45) is 0 Å². The monoisotopic (exact) mass is 421 g/mol. The van der Waals surface area contributed by atoms with Crippen LogP contribution in [0.3, 0.4) is 0 Å². The van der Waals surface area contributed by atoms with Gasteiger partial charge in [0.05, 0.1) is 6.04 Å². The standard InChI is InChI=1S/C30H36BN/c1-19-15-20(2)29(21(3)16-19)32(23-10-8-9-22(31)17-23)24-13-14-26-25-11-6-7-12-27(25)30(4,5)28(26)18-24/h6-8,10-12,15-18,22,24,26H,9,13-14,31H2,1-5H3/t22-,24?,26-/m1/s1. The van der Waals surface area contributed by atoms with Crippen LogP contribution in [-0.4, -0.2) is 13.9 Å². The number of anilines is 1. The highest BCUT2D eigenvalue weighted by Gasteiger charge is 2.44. The summed E-state index contributed by atoms with van der Waals surface area (Å²) in [6.07, 6.45) is 13.4. The zero-order valence-corrected chi connectivity index (χ0v) is 20.6. The lowest BCUT2D eigenvalue weighted by Gasteiger charge is -2.41. The predicted octanol–water partition coefficient (Wildman–Crippen LogP) is 6.85. The van der Waals surface area contributed by atoms with Gasteiger partial charge in [-0.3, -0.25) is 0 Å². The van der Waals surface area contributed by atoms with Crippen molar-refractivity contribution in [2.45, 2.75) is 77.1 Å². The third-order valence-corrected chi connectivity index (χ3v) is 7.97. The molecule has 0 saturated heterocycles. The molecular weight excluding hydrogens is 385 g/mol. The molecule has 2 heteroatoms. The minimum absolute atomic E-state index is 0.104. The molecule has 0 fully saturated rings. The SMILES string of the molecule is B[C@H]1C=C(N(c2c(C)cc(C)cc2C)C2C=C3[C@H](CC2)c2ccccc2C3(C)C)C=CC1. The number of fused-ring (bicyclic) bond motifs is 3. The van der Waals surface area contributed by atoms with Gasteiger partial charge >= 0.3 is 0 Å². The van der Waals surface area contributed by atoms with Crippen LogP contribution in [0.1, 0.15) is 66.8 Å². The average Bonchev–Trinajstić information content (AvgIpc) is 2.98. The highest BCUT2D eigenvalue weighted by atomic mass is 15.2. The van der Waals surface area contributed by atoms with E-state index in [1.165, 1.54) is 46.5 Å². The van der Waals surface area contributed by atoms with Crippen LogP contribution in [0.4, 0.5) is 5.69 Å². The van der Waals surface area contributed by atoms with Crippen molar-refractivity contribution in [1.82, 2.24) is 0 Å². The molecule has 1 nitrogen and oxygen atoms in total. The molecule has 0 bridgehead atoms. The second kappa shape index (κ2) is 7.83. The summed E-state index contributed by atoms with van der Waals surface area (Å²) in [7, 11) is 2.34. The van der Waals surface area contributed by atoms with E-state index < -0.39 is 0 Å². The highest BCUT2D eigenvalue weighted by molar-refractivity contribution is 6.13. The maximum atomic E-state index is 2.67. The average molecular weight is 421 g/mol. The fourth-order valence-electron chi connectivity index (χ4n) is 6.61. The summed E-state index contributed by atoms with van der Waals surface area (Å²) in [5.41, 5.74) is 11.7. The Morgan fingerprint density at radius 2 is 1.69 bits per heavy atom. The van der Waals surface area contributed by atoms with Crippen LogP contribution in [0.2, 0.25) is 5.82 Å². The van der Waals surface area contributed by atoms with Crippen LogP contribution in [0.15, 0.2) is 72.0 Å². The fourth-order valence-corrected chi connectivity index (χ4v) is 6.61. The summed E-state index contributed by atoms with van der Waals surface area (Å²) in [5, 5.41) is 0. The van der Waals surface area contributed by atoms with Crippen LogP contribution >= 0.6 is 0 Å². The molecule has 2 aromatic carbocycles. The Labute approximate surface area is 195 Å². The first-order chi connectivity index (χ1) is 15.3. The first-order valence-electron chi connectivity index (χ1n) is 12.3. The lowest BCUT2D eigenvalue weighted by atomic mass is 9.75.